The van der Waals surface area contributed by atoms with Crippen LogP contribution in [0.5, 0.6) is 17.2 Å². The van der Waals surface area contributed by atoms with Crippen molar-refractivity contribution in [3.63, 3.8) is 0 Å². The van der Waals surface area contributed by atoms with Crippen LogP contribution in [-0.4, -0.2) is 16.8 Å². The van der Waals surface area contributed by atoms with Crippen LogP contribution in [0, 0.1) is 0 Å². The van der Waals surface area contributed by atoms with E-state index in [9.17, 15) is 10.2 Å². The summed E-state index contributed by atoms with van der Waals surface area (Å²) in [7, 11) is 0. The van der Waals surface area contributed by atoms with E-state index in [4.69, 9.17) is 4.74 Å². The predicted octanol–water partition coefficient (Wildman–Crippen LogP) is 3.04. The van der Waals surface area contributed by atoms with Gasteiger partial charge in [0.1, 0.15) is 0 Å². The number of phenols is 2. The van der Waals surface area contributed by atoms with Crippen LogP contribution in [0.2, 0.25) is 0 Å². The highest BCUT2D eigenvalue weighted by molar-refractivity contribution is 5.92. The van der Waals surface area contributed by atoms with Gasteiger partial charge in [0.25, 0.3) is 0 Å². The Morgan fingerprint density at radius 3 is 2.69 bits per heavy atom. The van der Waals surface area contributed by atoms with Crippen molar-refractivity contribution in [3.05, 3.63) is 30.3 Å². The molecule has 0 amide bonds. The molecule has 0 heterocycles. The third kappa shape index (κ3) is 1.76. The Kier molecular flexibility index (Phi) is 2.86. The van der Waals surface area contributed by atoms with Crippen LogP contribution in [0.3, 0.4) is 0 Å². The molecule has 0 unspecified atom stereocenters. The zero-order valence-corrected chi connectivity index (χ0v) is 9.10. The van der Waals surface area contributed by atoms with Crippen LogP contribution < -0.4 is 4.74 Å². The van der Waals surface area contributed by atoms with E-state index < -0.39 is 0 Å². The Hall–Kier alpha value is -1.90. The lowest BCUT2D eigenvalue weighted by molar-refractivity contribution is 0.296. The van der Waals surface area contributed by atoms with E-state index in [0.717, 1.165) is 17.2 Å². The first-order chi connectivity index (χ1) is 7.74. The maximum atomic E-state index is 9.75. The van der Waals surface area contributed by atoms with Crippen molar-refractivity contribution in [2.75, 3.05) is 6.61 Å². The molecule has 0 atom stereocenters. The molecule has 3 nitrogen and oxygen atoms in total. The molecule has 0 spiro atoms. The predicted molar refractivity (Wildman–Crippen MR) is 63.1 cm³/mol. The van der Waals surface area contributed by atoms with Crippen molar-refractivity contribution >= 4 is 10.8 Å². The number of ether oxygens (including phenoxy) is 1. The summed E-state index contributed by atoms with van der Waals surface area (Å²) >= 11 is 0. The molecular weight excluding hydrogens is 204 g/mol. The lowest BCUT2D eigenvalue weighted by atomic mass is 10.1. The Bertz CT molecular complexity index is 506. The Labute approximate surface area is 93.9 Å². The second-order valence-corrected chi connectivity index (χ2v) is 3.64. The number of rotatable bonds is 3. The minimum atomic E-state index is -0.188. The van der Waals surface area contributed by atoms with E-state index in [1.807, 2.05) is 31.2 Å². The second kappa shape index (κ2) is 4.31. The molecule has 0 radical (unpaired) electrons. The number of benzene rings is 2. The first-order valence-corrected chi connectivity index (χ1v) is 5.30. The number of fused-ring (bicyclic) bond motifs is 1. The molecule has 84 valence electrons. The summed E-state index contributed by atoms with van der Waals surface area (Å²) in [6.07, 6.45) is 0.851. The lowest BCUT2D eigenvalue weighted by Gasteiger charge is -2.11. The van der Waals surface area contributed by atoms with Gasteiger partial charge in [0.2, 0.25) is 5.75 Å². The molecule has 0 saturated heterocycles. The molecule has 2 N–H and O–H groups in total. The van der Waals surface area contributed by atoms with E-state index in [1.165, 1.54) is 6.07 Å². The van der Waals surface area contributed by atoms with Crippen LogP contribution in [0.4, 0.5) is 0 Å². The van der Waals surface area contributed by atoms with E-state index in [2.05, 4.69) is 0 Å². The smallest absolute Gasteiger partial charge is 0.201 e. The summed E-state index contributed by atoms with van der Waals surface area (Å²) in [5.41, 5.74) is 0. The molecule has 0 aliphatic rings. The summed E-state index contributed by atoms with van der Waals surface area (Å²) < 4.78 is 5.47. The van der Waals surface area contributed by atoms with Crippen LogP contribution in [0.15, 0.2) is 30.3 Å². The molecule has 0 bridgehead atoms. The van der Waals surface area contributed by atoms with E-state index >= 15 is 0 Å². The third-order valence-electron chi connectivity index (χ3n) is 2.41. The van der Waals surface area contributed by atoms with Gasteiger partial charge in [-0.3, -0.25) is 0 Å². The summed E-state index contributed by atoms with van der Waals surface area (Å²) in [6.45, 7) is 2.50. The zero-order valence-electron chi connectivity index (χ0n) is 9.10. The minimum Gasteiger partial charge on any atom is -0.504 e. The molecular formula is C13H14O3. The molecule has 16 heavy (non-hydrogen) atoms. The average Bonchev–Trinajstić information content (AvgIpc) is 2.30. The summed E-state index contributed by atoms with van der Waals surface area (Å²) in [6, 6.07) is 9.01. The number of hydrogen-bond acceptors (Lipinski definition) is 3. The Morgan fingerprint density at radius 2 is 1.94 bits per heavy atom. The van der Waals surface area contributed by atoms with Crippen molar-refractivity contribution in [2.45, 2.75) is 13.3 Å². The molecule has 0 saturated carbocycles. The van der Waals surface area contributed by atoms with Crippen molar-refractivity contribution in [2.24, 2.45) is 0 Å². The van der Waals surface area contributed by atoms with Gasteiger partial charge in [-0.2, -0.15) is 0 Å². The molecule has 2 aromatic rings. The van der Waals surface area contributed by atoms with Crippen molar-refractivity contribution < 1.29 is 14.9 Å². The van der Waals surface area contributed by atoms with Gasteiger partial charge in [0, 0.05) is 5.39 Å². The van der Waals surface area contributed by atoms with Crippen molar-refractivity contribution in [1.82, 2.24) is 0 Å². The fourth-order valence-electron chi connectivity index (χ4n) is 1.64. The van der Waals surface area contributed by atoms with Gasteiger partial charge in [0.05, 0.1) is 6.61 Å². The summed E-state index contributed by atoms with van der Waals surface area (Å²) in [5.74, 6) is 0.0226. The quantitative estimate of drug-likeness (QED) is 0.778. The normalized spacial score (nSPS) is 10.6. The van der Waals surface area contributed by atoms with E-state index in [1.54, 1.807) is 0 Å². The molecule has 2 aromatic carbocycles. The second-order valence-electron chi connectivity index (χ2n) is 3.64. The SMILES string of the molecule is CCCOc1c(O)c(O)cc2ccccc12. The molecule has 0 aliphatic heterocycles. The number of hydrogen-bond donors (Lipinski definition) is 2. The molecule has 0 aliphatic carbocycles. The topological polar surface area (TPSA) is 49.7 Å². The van der Waals surface area contributed by atoms with E-state index in [-0.39, 0.29) is 11.5 Å². The molecule has 2 rings (SSSR count). The maximum Gasteiger partial charge on any atom is 0.201 e. The molecule has 3 heteroatoms. The first kappa shape index (κ1) is 10.6. The maximum absolute atomic E-state index is 9.75. The standard InChI is InChI=1S/C13H14O3/c1-2-7-16-13-10-6-4-3-5-9(10)8-11(14)12(13)15/h3-6,8,14-15H,2,7H2,1H3. The molecule has 0 aromatic heterocycles. The minimum absolute atomic E-state index is 0.148. The fraction of sp³-hybridized carbons (Fsp3) is 0.231. The highest BCUT2D eigenvalue weighted by atomic mass is 16.5. The van der Waals surface area contributed by atoms with Gasteiger partial charge in [-0.1, -0.05) is 31.2 Å². The van der Waals surface area contributed by atoms with Gasteiger partial charge < -0.3 is 14.9 Å². The summed E-state index contributed by atoms with van der Waals surface area (Å²) in [5, 5.41) is 21.0. The largest absolute Gasteiger partial charge is 0.504 e. The molecule has 0 fully saturated rings. The zero-order chi connectivity index (χ0) is 11.5. The number of phenolic OH excluding ortho intramolecular Hbond substituents is 2. The van der Waals surface area contributed by atoms with Crippen molar-refractivity contribution in [1.29, 1.82) is 0 Å². The van der Waals surface area contributed by atoms with Crippen LogP contribution >= 0.6 is 0 Å². The first-order valence-electron chi connectivity index (χ1n) is 5.30. The van der Waals surface area contributed by atoms with Crippen LogP contribution in [-0.2, 0) is 0 Å². The summed E-state index contributed by atoms with van der Waals surface area (Å²) in [4.78, 5) is 0. The van der Waals surface area contributed by atoms with Gasteiger partial charge in [-0.15, -0.1) is 0 Å². The van der Waals surface area contributed by atoms with Gasteiger partial charge in [0.15, 0.2) is 11.5 Å². The highest BCUT2D eigenvalue weighted by Gasteiger charge is 2.12. The third-order valence-corrected chi connectivity index (χ3v) is 2.41. The highest BCUT2D eigenvalue weighted by Crippen LogP contribution is 2.41. The number of aromatic hydroxyl groups is 2. The fourth-order valence-corrected chi connectivity index (χ4v) is 1.64. The van der Waals surface area contributed by atoms with Gasteiger partial charge in [-0.05, 0) is 17.9 Å². The van der Waals surface area contributed by atoms with Crippen molar-refractivity contribution in [3.8, 4) is 17.2 Å². The Balaban J connectivity index is 2.61. The lowest BCUT2D eigenvalue weighted by Crippen LogP contribution is -1.96. The van der Waals surface area contributed by atoms with Crippen LogP contribution in [0.1, 0.15) is 13.3 Å². The monoisotopic (exact) mass is 218 g/mol. The van der Waals surface area contributed by atoms with Crippen LogP contribution in [0.25, 0.3) is 10.8 Å². The average molecular weight is 218 g/mol. The Morgan fingerprint density at radius 1 is 1.19 bits per heavy atom. The van der Waals surface area contributed by atoms with Gasteiger partial charge in [-0.25, -0.2) is 0 Å². The van der Waals surface area contributed by atoms with Gasteiger partial charge >= 0.3 is 0 Å². The van der Waals surface area contributed by atoms with E-state index in [0.29, 0.717) is 12.4 Å².